The summed E-state index contributed by atoms with van der Waals surface area (Å²) in [6.45, 7) is 5.29. The molecule has 1 saturated heterocycles. The largest absolute Gasteiger partial charge is 0.450 e. The monoisotopic (exact) mass is 187 g/mol. The molecule has 4 heteroatoms. The molecule has 1 aliphatic heterocycles. The smallest absolute Gasteiger partial charge is 0.409 e. The zero-order chi connectivity index (χ0) is 9.84. The maximum absolute atomic E-state index is 11.3. The molecule has 1 heterocycles. The first-order valence-electron chi connectivity index (χ1n) is 4.73. The van der Waals surface area contributed by atoms with Crippen molar-refractivity contribution in [3.8, 4) is 0 Å². The first-order chi connectivity index (χ1) is 6.13. The lowest BCUT2D eigenvalue weighted by Crippen LogP contribution is -2.45. The van der Waals surface area contributed by atoms with Crippen LogP contribution in [0.3, 0.4) is 0 Å². The molecule has 1 rings (SSSR count). The molecular formula is C9H17NO3. The predicted molar refractivity (Wildman–Crippen MR) is 48.4 cm³/mol. The van der Waals surface area contributed by atoms with Crippen LogP contribution < -0.4 is 0 Å². The van der Waals surface area contributed by atoms with Crippen molar-refractivity contribution < 1.29 is 14.6 Å². The van der Waals surface area contributed by atoms with Gasteiger partial charge < -0.3 is 14.7 Å². The Hall–Kier alpha value is -0.770. The highest BCUT2D eigenvalue weighted by molar-refractivity contribution is 5.67. The predicted octanol–water partition coefficient (Wildman–Crippen LogP) is 0.846. The molecule has 76 valence electrons. The highest BCUT2D eigenvalue weighted by Gasteiger charge is 2.26. The van der Waals surface area contributed by atoms with Gasteiger partial charge in [-0.3, -0.25) is 0 Å². The van der Waals surface area contributed by atoms with Gasteiger partial charge in [0.2, 0.25) is 0 Å². The quantitative estimate of drug-likeness (QED) is 0.662. The third kappa shape index (κ3) is 2.88. The van der Waals surface area contributed by atoms with E-state index in [9.17, 15) is 9.90 Å². The van der Waals surface area contributed by atoms with Gasteiger partial charge in [-0.1, -0.05) is 6.92 Å². The molecule has 4 nitrogen and oxygen atoms in total. The van der Waals surface area contributed by atoms with Crippen LogP contribution in [0.4, 0.5) is 4.79 Å². The summed E-state index contributed by atoms with van der Waals surface area (Å²) < 4.78 is 4.85. The van der Waals surface area contributed by atoms with Crippen LogP contribution >= 0.6 is 0 Å². The molecule has 1 fully saturated rings. The standard InChI is InChI=1S/C9H17NO3/c1-3-13-9(12)10-5-7(2)4-8(11)6-10/h7-8,11H,3-6H2,1-2H3. The SMILES string of the molecule is CCOC(=O)N1CC(C)CC(O)C1. The molecule has 2 atom stereocenters. The lowest BCUT2D eigenvalue weighted by Gasteiger charge is -2.33. The number of piperidine rings is 1. The molecule has 1 aliphatic rings. The highest BCUT2D eigenvalue weighted by atomic mass is 16.6. The Balaban J connectivity index is 2.45. The third-order valence-electron chi connectivity index (χ3n) is 2.16. The van der Waals surface area contributed by atoms with Crippen molar-refractivity contribution in [2.24, 2.45) is 5.92 Å². The van der Waals surface area contributed by atoms with E-state index in [1.54, 1.807) is 11.8 Å². The maximum atomic E-state index is 11.3. The number of carbonyl (C=O) groups is 1. The fraction of sp³-hybridized carbons (Fsp3) is 0.889. The number of carbonyl (C=O) groups excluding carboxylic acids is 1. The van der Waals surface area contributed by atoms with Gasteiger partial charge in [0.25, 0.3) is 0 Å². The zero-order valence-corrected chi connectivity index (χ0v) is 8.19. The minimum Gasteiger partial charge on any atom is -0.450 e. The number of hydrogen-bond donors (Lipinski definition) is 1. The number of rotatable bonds is 1. The molecule has 0 aromatic heterocycles. The first kappa shape index (κ1) is 10.3. The van der Waals surface area contributed by atoms with Crippen LogP contribution in [0.5, 0.6) is 0 Å². The van der Waals surface area contributed by atoms with Gasteiger partial charge in [0.1, 0.15) is 0 Å². The minimum atomic E-state index is -0.395. The van der Waals surface area contributed by atoms with Gasteiger partial charge in [0.05, 0.1) is 12.7 Å². The fourth-order valence-corrected chi connectivity index (χ4v) is 1.68. The van der Waals surface area contributed by atoms with Gasteiger partial charge >= 0.3 is 6.09 Å². The lowest BCUT2D eigenvalue weighted by atomic mass is 9.98. The van der Waals surface area contributed by atoms with Crippen LogP contribution in [0, 0.1) is 5.92 Å². The van der Waals surface area contributed by atoms with Crippen molar-refractivity contribution in [3.05, 3.63) is 0 Å². The Kier molecular flexibility index (Phi) is 3.54. The third-order valence-corrected chi connectivity index (χ3v) is 2.16. The number of β-amino-alcohol motifs (C(OH)–C–C–N with tert-alkyl or cyclic N) is 1. The zero-order valence-electron chi connectivity index (χ0n) is 8.19. The second-order valence-corrected chi connectivity index (χ2v) is 3.60. The van der Waals surface area contributed by atoms with Crippen molar-refractivity contribution in [3.63, 3.8) is 0 Å². The van der Waals surface area contributed by atoms with E-state index in [1.807, 2.05) is 6.92 Å². The Morgan fingerprint density at radius 1 is 1.62 bits per heavy atom. The van der Waals surface area contributed by atoms with E-state index in [0.29, 0.717) is 25.6 Å². The molecule has 0 aromatic rings. The second-order valence-electron chi connectivity index (χ2n) is 3.60. The molecule has 0 saturated carbocycles. The highest BCUT2D eigenvalue weighted by Crippen LogP contribution is 2.16. The van der Waals surface area contributed by atoms with Crippen molar-refractivity contribution in [1.82, 2.24) is 4.90 Å². The Morgan fingerprint density at radius 3 is 2.85 bits per heavy atom. The van der Waals surface area contributed by atoms with Gasteiger partial charge in [-0.2, -0.15) is 0 Å². The lowest BCUT2D eigenvalue weighted by molar-refractivity contribution is 0.0330. The summed E-state index contributed by atoms with van der Waals surface area (Å²) in [5.41, 5.74) is 0. The summed E-state index contributed by atoms with van der Waals surface area (Å²) in [5, 5.41) is 9.42. The van der Waals surface area contributed by atoms with Gasteiger partial charge in [-0.05, 0) is 19.3 Å². The maximum Gasteiger partial charge on any atom is 0.409 e. The summed E-state index contributed by atoms with van der Waals surface area (Å²) >= 11 is 0. The van der Waals surface area contributed by atoms with E-state index in [4.69, 9.17) is 4.74 Å². The molecule has 13 heavy (non-hydrogen) atoms. The summed E-state index contributed by atoms with van der Waals surface area (Å²) in [6, 6.07) is 0. The topological polar surface area (TPSA) is 49.8 Å². The fourth-order valence-electron chi connectivity index (χ4n) is 1.68. The van der Waals surface area contributed by atoms with E-state index >= 15 is 0 Å². The number of aliphatic hydroxyl groups is 1. The number of ether oxygens (including phenoxy) is 1. The Bertz CT molecular complexity index is 174. The van der Waals surface area contributed by atoms with Gasteiger partial charge in [0.15, 0.2) is 0 Å². The van der Waals surface area contributed by atoms with Crippen molar-refractivity contribution in [2.75, 3.05) is 19.7 Å². The molecular weight excluding hydrogens is 170 g/mol. The van der Waals surface area contributed by atoms with E-state index in [-0.39, 0.29) is 6.09 Å². The number of nitrogens with zero attached hydrogens (tertiary/aromatic N) is 1. The van der Waals surface area contributed by atoms with E-state index in [2.05, 4.69) is 0 Å². The molecule has 0 aromatic carbocycles. The second kappa shape index (κ2) is 4.46. The van der Waals surface area contributed by atoms with Crippen molar-refractivity contribution in [2.45, 2.75) is 26.4 Å². The van der Waals surface area contributed by atoms with Crippen LogP contribution in [0.1, 0.15) is 20.3 Å². The van der Waals surface area contributed by atoms with Gasteiger partial charge in [-0.25, -0.2) is 4.79 Å². The number of hydrogen-bond acceptors (Lipinski definition) is 3. The number of aliphatic hydroxyl groups excluding tert-OH is 1. The average Bonchev–Trinajstić information content (AvgIpc) is 2.03. The van der Waals surface area contributed by atoms with Crippen molar-refractivity contribution in [1.29, 1.82) is 0 Å². The molecule has 0 bridgehead atoms. The normalized spacial score (nSPS) is 28.7. The molecule has 1 amide bonds. The Labute approximate surface area is 78.5 Å². The summed E-state index contributed by atoms with van der Waals surface area (Å²) in [7, 11) is 0. The van der Waals surface area contributed by atoms with E-state index in [1.165, 1.54) is 0 Å². The molecule has 0 spiro atoms. The molecule has 1 N–H and O–H groups in total. The molecule has 2 unspecified atom stereocenters. The van der Waals surface area contributed by atoms with E-state index in [0.717, 1.165) is 6.42 Å². The first-order valence-corrected chi connectivity index (χ1v) is 4.73. The van der Waals surface area contributed by atoms with Gasteiger partial charge in [-0.15, -0.1) is 0 Å². The number of likely N-dealkylation sites (tertiary alicyclic amines) is 1. The van der Waals surface area contributed by atoms with Gasteiger partial charge in [0, 0.05) is 13.1 Å². The molecule has 0 aliphatic carbocycles. The summed E-state index contributed by atoms with van der Waals surface area (Å²) in [6.07, 6.45) is 0.0665. The van der Waals surface area contributed by atoms with Crippen LogP contribution in [0.2, 0.25) is 0 Å². The number of amides is 1. The van der Waals surface area contributed by atoms with Crippen LogP contribution in [-0.2, 0) is 4.74 Å². The minimum absolute atomic E-state index is 0.312. The van der Waals surface area contributed by atoms with Crippen LogP contribution in [-0.4, -0.2) is 41.9 Å². The summed E-state index contributed by atoms with van der Waals surface area (Å²) in [4.78, 5) is 12.9. The summed E-state index contributed by atoms with van der Waals surface area (Å²) in [5.74, 6) is 0.355. The average molecular weight is 187 g/mol. The molecule has 0 radical (unpaired) electrons. The van der Waals surface area contributed by atoms with Crippen molar-refractivity contribution >= 4 is 6.09 Å². The van der Waals surface area contributed by atoms with Crippen LogP contribution in [0.25, 0.3) is 0 Å². The van der Waals surface area contributed by atoms with Crippen LogP contribution in [0.15, 0.2) is 0 Å². The van der Waals surface area contributed by atoms with E-state index < -0.39 is 6.10 Å². The Morgan fingerprint density at radius 2 is 2.31 bits per heavy atom.